The number of nitrogens with two attached hydrogens (primary N) is 1. The standard InChI is InChI=1S/C9H13N5/c1-6(2)7-3-4-11-9-12-8(5-10)13-14(7)9/h3-4,6H,5,10H2,1-2H3. The van der Waals surface area contributed by atoms with Gasteiger partial charge in [-0.15, -0.1) is 5.10 Å². The topological polar surface area (TPSA) is 69.1 Å². The van der Waals surface area contributed by atoms with Crippen molar-refractivity contribution >= 4 is 5.78 Å². The van der Waals surface area contributed by atoms with Crippen molar-refractivity contribution in [2.45, 2.75) is 26.3 Å². The molecule has 2 rings (SSSR count). The first-order chi connectivity index (χ1) is 6.72. The van der Waals surface area contributed by atoms with Crippen molar-refractivity contribution in [1.29, 1.82) is 0 Å². The van der Waals surface area contributed by atoms with E-state index in [0.717, 1.165) is 5.69 Å². The maximum Gasteiger partial charge on any atom is 0.252 e. The molecule has 0 aliphatic heterocycles. The van der Waals surface area contributed by atoms with E-state index in [1.165, 1.54) is 0 Å². The van der Waals surface area contributed by atoms with Crippen molar-refractivity contribution in [3.63, 3.8) is 0 Å². The lowest BCUT2D eigenvalue weighted by Gasteiger charge is -2.05. The Bertz CT molecular complexity index is 445. The first-order valence-corrected chi connectivity index (χ1v) is 4.63. The Balaban J connectivity index is 2.66. The van der Waals surface area contributed by atoms with Crippen LogP contribution in [0.1, 0.15) is 31.3 Å². The molecule has 2 aromatic heterocycles. The quantitative estimate of drug-likeness (QED) is 0.758. The molecule has 0 aromatic carbocycles. The van der Waals surface area contributed by atoms with Gasteiger partial charge in [-0.1, -0.05) is 13.8 Å². The van der Waals surface area contributed by atoms with Crippen LogP contribution in [0.25, 0.3) is 5.78 Å². The summed E-state index contributed by atoms with van der Waals surface area (Å²) in [5, 5.41) is 4.27. The molecular weight excluding hydrogens is 178 g/mol. The van der Waals surface area contributed by atoms with Gasteiger partial charge in [-0.25, -0.2) is 9.50 Å². The maximum absolute atomic E-state index is 5.47. The number of aromatic nitrogens is 4. The summed E-state index contributed by atoms with van der Waals surface area (Å²) < 4.78 is 1.76. The van der Waals surface area contributed by atoms with Crippen LogP contribution in [0.4, 0.5) is 0 Å². The highest BCUT2D eigenvalue weighted by Gasteiger charge is 2.09. The summed E-state index contributed by atoms with van der Waals surface area (Å²) in [7, 11) is 0. The summed E-state index contributed by atoms with van der Waals surface area (Å²) in [5.74, 6) is 1.65. The Labute approximate surface area is 82.0 Å². The average molecular weight is 191 g/mol. The molecule has 5 heteroatoms. The Morgan fingerprint density at radius 3 is 2.93 bits per heavy atom. The second-order valence-electron chi connectivity index (χ2n) is 3.47. The number of fused-ring (bicyclic) bond motifs is 1. The molecular formula is C9H13N5. The minimum atomic E-state index is 0.348. The van der Waals surface area contributed by atoms with Crippen LogP contribution in [-0.2, 0) is 6.54 Å². The zero-order chi connectivity index (χ0) is 10.1. The Morgan fingerprint density at radius 1 is 1.50 bits per heavy atom. The lowest BCUT2D eigenvalue weighted by atomic mass is 10.1. The van der Waals surface area contributed by atoms with Crippen LogP contribution in [0.5, 0.6) is 0 Å². The first kappa shape index (κ1) is 9.08. The summed E-state index contributed by atoms with van der Waals surface area (Å²) >= 11 is 0. The van der Waals surface area contributed by atoms with Crippen LogP contribution in [0.15, 0.2) is 12.3 Å². The van der Waals surface area contributed by atoms with Crippen LogP contribution in [0, 0.1) is 0 Å². The van der Waals surface area contributed by atoms with E-state index < -0.39 is 0 Å². The number of nitrogens with zero attached hydrogens (tertiary/aromatic N) is 4. The van der Waals surface area contributed by atoms with Gasteiger partial charge in [-0.3, -0.25) is 0 Å². The minimum Gasteiger partial charge on any atom is -0.324 e. The van der Waals surface area contributed by atoms with Crippen molar-refractivity contribution in [1.82, 2.24) is 19.6 Å². The first-order valence-electron chi connectivity index (χ1n) is 4.63. The predicted molar refractivity (Wildman–Crippen MR) is 52.8 cm³/mol. The summed E-state index contributed by atoms with van der Waals surface area (Å²) in [6.07, 6.45) is 1.75. The van der Waals surface area contributed by atoms with Crippen molar-refractivity contribution < 1.29 is 0 Å². The highest BCUT2D eigenvalue weighted by Crippen LogP contribution is 2.13. The van der Waals surface area contributed by atoms with E-state index in [4.69, 9.17) is 5.73 Å². The Hall–Kier alpha value is -1.49. The third-order valence-corrected chi connectivity index (χ3v) is 2.09. The van der Waals surface area contributed by atoms with Crippen LogP contribution >= 0.6 is 0 Å². The molecule has 0 saturated carbocycles. The fourth-order valence-corrected chi connectivity index (χ4v) is 1.38. The van der Waals surface area contributed by atoms with Gasteiger partial charge in [0.2, 0.25) is 0 Å². The lowest BCUT2D eigenvalue weighted by molar-refractivity contribution is 0.738. The van der Waals surface area contributed by atoms with Crippen molar-refractivity contribution in [3.8, 4) is 0 Å². The van der Waals surface area contributed by atoms with Gasteiger partial charge in [0.05, 0.1) is 12.2 Å². The fraction of sp³-hybridized carbons (Fsp3) is 0.444. The molecule has 0 unspecified atom stereocenters. The zero-order valence-electron chi connectivity index (χ0n) is 8.31. The van der Waals surface area contributed by atoms with Gasteiger partial charge < -0.3 is 5.73 Å². The molecule has 0 bridgehead atoms. The van der Waals surface area contributed by atoms with Crippen molar-refractivity contribution in [2.24, 2.45) is 5.73 Å². The molecule has 2 N–H and O–H groups in total. The van der Waals surface area contributed by atoms with Crippen molar-refractivity contribution in [2.75, 3.05) is 0 Å². The van der Waals surface area contributed by atoms with Gasteiger partial charge >= 0.3 is 0 Å². The second-order valence-corrected chi connectivity index (χ2v) is 3.47. The van der Waals surface area contributed by atoms with Crippen LogP contribution in [0.3, 0.4) is 0 Å². The third kappa shape index (κ3) is 1.35. The van der Waals surface area contributed by atoms with E-state index in [1.807, 2.05) is 6.07 Å². The molecule has 74 valence electrons. The molecule has 0 spiro atoms. The van der Waals surface area contributed by atoms with Gasteiger partial charge in [-0.2, -0.15) is 4.98 Å². The number of hydrogen-bond acceptors (Lipinski definition) is 4. The van der Waals surface area contributed by atoms with E-state index in [-0.39, 0.29) is 0 Å². The average Bonchev–Trinajstić information content (AvgIpc) is 2.59. The summed E-state index contributed by atoms with van der Waals surface area (Å²) in [5.41, 5.74) is 6.57. The highest BCUT2D eigenvalue weighted by molar-refractivity contribution is 5.29. The van der Waals surface area contributed by atoms with E-state index >= 15 is 0 Å². The molecule has 0 amide bonds. The van der Waals surface area contributed by atoms with Gasteiger partial charge in [0.25, 0.3) is 5.78 Å². The van der Waals surface area contributed by atoms with E-state index in [0.29, 0.717) is 24.1 Å². The van der Waals surface area contributed by atoms with E-state index in [9.17, 15) is 0 Å². The molecule has 5 nitrogen and oxygen atoms in total. The van der Waals surface area contributed by atoms with Gasteiger partial charge in [0.1, 0.15) is 0 Å². The smallest absolute Gasteiger partial charge is 0.252 e. The zero-order valence-corrected chi connectivity index (χ0v) is 8.31. The van der Waals surface area contributed by atoms with Gasteiger partial charge in [0.15, 0.2) is 5.82 Å². The highest BCUT2D eigenvalue weighted by atomic mass is 15.3. The molecule has 14 heavy (non-hydrogen) atoms. The molecule has 0 radical (unpaired) electrons. The summed E-state index contributed by atoms with van der Waals surface area (Å²) in [6, 6.07) is 1.95. The molecule has 0 aliphatic carbocycles. The summed E-state index contributed by atoms with van der Waals surface area (Å²) in [4.78, 5) is 8.32. The minimum absolute atomic E-state index is 0.348. The largest absolute Gasteiger partial charge is 0.324 e. The van der Waals surface area contributed by atoms with Crippen LogP contribution in [-0.4, -0.2) is 19.6 Å². The van der Waals surface area contributed by atoms with Crippen molar-refractivity contribution in [3.05, 3.63) is 23.8 Å². The predicted octanol–water partition coefficient (Wildman–Crippen LogP) is 0.706. The summed E-state index contributed by atoms with van der Waals surface area (Å²) in [6.45, 7) is 4.57. The normalized spacial score (nSPS) is 11.4. The fourth-order valence-electron chi connectivity index (χ4n) is 1.38. The monoisotopic (exact) mass is 191 g/mol. The SMILES string of the molecule is CC(C)c1ccnc2nc(CN)nn12. The maximum atomic E-state index is 5.47. The molecule has 0 fully saturated rings. The third-order valence-electron chi connectivity index (χ3n) is 2.09. The lowest BCUT2D eigenvalue weighted by Crippen LogP contribution is -2.03. The van der Waals surface area contributed by atoms with Gasteiger partial charge in [0, 0.05) is 6.20 Å². The van der Waals surface area contributed by atoms with Crippen LogP contribution in [0.2, 0.25) is 0 Å². The molecule has 0 atom stereocenters. The number of rotatable bonds is 2. The molecule has 0 aliphatic rings. The van der Waals surface area contributed by atoms with Crippen LogP contribution < -0.4 is 5.73 Å². The van der Waals surface area contributed by atoms with Gasteiger partial charge in [-0.05, 0) is 12.0 Å². The van der Waals surface area contributed by atoms with E-state index in [2.05, 4.69) is 28.9 Å². The molecule has 2 heterocycles. The van der Waals surface area contributed by atoms with E-state index in [1.54, 1.807) is 10.7 Å². The Kier molecular flexibility index (Phi) is 2.17. The number of hydrogen-bond donors (Lipinski definition) is 1. The molecule has 2 aromatic rings. The molecule has 0 saturated heterocycles. The Morgan fingerprint density at radius 2 is 2.29 bits per heavy atom. The second kappa shape index (κ2) is 3.34.